The Morgan fingerprint density at radius 3 is 3.05 bits per heavy atom. The van der Waals surface area contributed by atoms with Crippen LogP contribution in [0.2, 0.25) is 0 Å². The molecule has 100 valence electrons. The molecule has 5 nitrogen and oxygen atoms in total. The number of nitrogens with one attached hydrogen (secondary N) is 1. The fourth-order valence-corrected chi connectivity index (χ4v) is 2.62. The van der Waals surface area contributed by atoms with Crippen molar-refractivity contribution in [2.75, 3.05) is 11.9 Å². The largest absolute Gasteiger partial charge is 0.383 e. The van der Waals surface area contributed by atoms with Gasteiger partial charge in [0.1, 0.15) is 0 Å². The molecule has 1 fully saturated rings. The molecule has 0 aromatic carbocycles. The smallest absolute Gasteiger partial charge is 0.252 e. The van der Waals surface area contributed by atoms with Crippen molar-refractivity contribution in [3.8, 4) is 0 Å². The first-order chi connectivity index (χ1) is 9.15. The maximum Gasteiger partial charge on any atom is 0.252 e. The Balaban J connectivity index is 1.95. The third-order valence-corrected chi connectivity index (χ3v) is 3.85. The van der Waals surface area contributed by atoms with Gasteiger partial charge in [0, 0.05) is 17.2 Å². The molecule has 1 saturated carbocycles. The summed E-state index contributed by atoms with van der Waals surface area (Å²) in [6.07, 6.45) is 7.15. The van der Waals surface area contributed by atoms with Gasteiger partial charge in [0.2, 0.25) is 0 Å². The van der Waals surface area contributed by atoms with Gasteiger partial charge in [0.05, 0.1) is 23.0 Å². The van der Waals surface area contributed by atoms with Gasteiger partial charge in [0.15, 0.2) is 0 Å². The highest BCUT2D eigenvalue weighted by Crippen LogP contribution is 2.32. The summed E-state index contributed by atoms with van der Waals surface area (Å²) < 4.78 is 2.66. The molecular formula is C13H15BrN4O. The summed E-state index contributed by atoms with van der Waals surface area (Å²) in [6, 6.07) is 1.93. The van der Waals surface area contributed by atoms with Crippen molar-refractivity contribution in [1.29, 1.82) is 0 Å². The molecule has 0 bridgehead atoms. The summed E-state index contributed by atoms with van der Waals surface area (Å²) in [6.45, 7) is 0.855. The van der Waals surface area contributed by atoms with Crippen molar-refractivity contribution >= 4 is 33.0 Å². The van der Waals surface area contributed by atoms with E-state index in [0.717, 1.165) is 34.6 Å². The van der Waals surface area contributed by atoms with E-state index in [-0.39, 0.29) is 0 Å². The molecule has 1 amide bonds. The number of aromatic nitrogens is 2. The van der Waals surface area contributed by atoms with Gasteiger partial charge in [0.25, 0.3) is 5.91 Å². The quantitative estimate of drug-likeness (QED) is 0.887. The fourth-order valence-electron chi connectivity index (χ4n) is 2.21. The highest BCUT2D eigenvalue weighted by Gasteiger charge is 2.21. The monoisotopic (exact) mass is 322 g/mol. The first-order valence-electron chi connectivity index (χ1n) is 6.35. The standard InChI is InChI=1S/C13H15BrN4O/c14-9-5-11-12(16-4-3-8-1-2-8)10(13(15)19)6-17-18(11)7-9/h5-8,16H,1-4H2,(H2,15,19). The lowest BCUT2D eigenvalue weighted by Crippen LogP contribution is -2.17. The van der Waals surface area contributed by atoms with Crippen LogP contribution in [0.25, 0.3) is 5.52 Å². The Bertz CT molecular complexity index is 633. The first kappa shape index (κ1) is 12.5. The van der Waals surface area contributed by atoms with Gasteiger partial charge in [-0.2, -0.15) is 5.10 Å². The van der Waals surface area contributed by atoms with Crippen LogP contribution in [0.3, 0.4) is 0 Å². The Hall–Kier alpha value is -1.56. The van der Waals surface area contributed by atoms with Crippen LogP contribution in [0.4, 0.5) is 5.69 Å². The lowest BCUT2D eigenvalue weighted by Gasteiger charge is -2.11. The van der Waals surface area contributed by atoms with Crippen LogP contribution in [0, 0.1) is 5.92 Å². The van der Waals surface area contributed by atoms with Gasteiger partial charge >= 0.3 is 0 Å². The molecule has 19 heavy (non-hydrogen) atoms. The number of hydrogen-bond acceptors (Lipinski definition) is 3. The minimum absolute atomic E-state index is 0.439. The van der Waals surface area contributed by atoms with Crippen molar-refractivity contribution < 1.29 is 4.79 Å². The number of carbonyl (C=O) groups is 1. The Labute approximate surface area is 119 Å². The molecule has 3 N–H and O–H groups in total. The molecule has 0 spiro atoms. The Morgan fingerprint density at radius 1 is 1.58 bits per heavy atom. The van der Waals surface area contributed by atoms with Gasteiger partial charge in [-0.15, -0.1) is 0 Å². The van der Waals surface area contributed by atoms with E-state index >= 15 is 0 Å². The SMILES string of the molecule is NC(=O)c1cnn2cc(Br)cc2c1NCCC1CC1. The van der Waals surface area contributed by atoms with Crippen LogP contribution in [-0.4, -0.2) is 22.1 Å². The summed E-state index contributed by atoms with van der Waals surface area (Å²) in [4.78, 5) is 11.5. The number of amides is 1. The first-order valence-corrected chi connectivity index (χ1v) is 7.15. The number of anilines is 1. The number of carbonyl (C=O) groups excluding carboxylic acids is 1. The summed E-state index contributed by atoms with van der Waals surface area (Å²) in [5.74, 6) is 0.391. The topological polar surface area (TPSA) is 72.4 Å². The van der Waals surface area contributed by atoms with Gasteiger partial charge in [-0.3, -0.25) is 4.79 Å². The van der Waals surface area contributed by atoms with Crippen LogP contribution in [0.15, 0.2) is 22.9 Å². The van der Waals surface area contributed by atoms with E-state index in [1.54, 1.807) is 4.52 Å². The molecule has 0 atom stereocenters. The molecule has 0 aliphatic heterocycles. The number of halogens is 1. The number of rotatable bonds is 5. The molecule has 0 saturated heterocycles. The van der Waals surface area contributed by atoms with Crippen molar-refractivity contribution in [3.05, 3.63) is 28.5 Å². The lowest BCUT2D eigenvalue weighted by atomic mass is 10.2. The highest BCUT2D eigenvalue weighted by atomic mass is 79.9. The van der Waals surface area contributed by atoms with Crippen LogP contribution in [0.5, 0.6) is 0 Å². The third kappa shape index (κ3) is 2.58. The van der Waals surface area contributed by atoms with Crippen LogP contribution >= 0.6 is 15.9 Å². The van der Waals surface area contributed by atoms with E-state index < -0.39 is 5.91 Å². The average Bonchev–Trinajstić information content (AvgIpc) is 3.09. The van der Waals surface area contributed by atoms with E-state index in [1.165, 1.54) is 19.0 Å². The summed E-state index contributed by atoms with van der Waals surface area (Å²) in [7, 11) is 0. The lowest BCUT2D eigenvalue weighted by molar-refractivity contribution is 0.100. The molecule has 6 heteroatoms. The van der Waals surface area contributed by atoms with E-state index in [2.05, 4.69) is 26.3 Å². The molecule has 0 radical (unpaired) electrons. The number of hydrogen-bond donors (Lipinski definition) is 2. The van der Waals surface area contributed by atoms with Crippen LogP contribution in [0.1, 0.15) is 29.6 Å². The average molecular weight is 323 g/mol. The van der Waals surface area contributed by atoms with Crippen molar-refractivity contribution in [3.63, 3.8) is 0 Å². The molecule has 2 heterocycles. The van der Waals surface area contributed by atoms with Gasteiger partial charge in [-0.1, -0.05) is 12.8 Å². The van der Waals surface area contributed by atoms with E-state index in [0.29, 0.717) is 5.56 Å². The van der Waals surface area contributed by atoms with Crippen LogP contribution < -0.4 is 11.1 Å². The summed E-state index contributed by atoms with van der Waals surface area (Å²) in [5, 5.41) is 7.53. The minimum atomic E-state index is -0.457. The molecule has 3 rings (SSSR count). The zero-order valence-electron chi connectivity index (χ0n) is 10.4. The Morgan fingerprint density at radius 2 is 2.37 bits per heavy atom. The number of primary amides is 1. The molecule has 1 aliphatic rings. The number of fused-ring (bicyclic) bond motifs is 1. The molecular weight excluding hydrogens is 308 g/mol. The van der Waals surface area contributed by atoms with E-state index in [1.807, 2.05) is 12.3 Å². The second-order valence-electron chi connectivity index (χ2n) is 4.94. The maximum atomic E-state index is 11.5. The van der Waals surface area contributed by atoms with Crippen molar-refractivity contribution in [2.24, 2.45) is 11.7 Å². The maximum absolute atomic E-state index is 11.5. The molecule has 2 aromatic rings. The van der Waals surface area contributed by atoms with Gasteiger partial charge in [-0.05, 0) is 34.3 Å². The van der Waals surface area contributed by atoms with E-state index in [9.17, 15) is 4.79 Å². The predicted octanol–water partition coefficient (Wildman–Crippen LogP) is 2.41. The van der Waals surface area contributed by atoms with Gasteiger partial charge in [-0.25, -0.2) is 4.52 Å². The zero-order valence-corrected chi connectivity index (χ0v) is 12.0. The summed E-state index contributed by atoms with van der Waals surface area (Å²) >= 11 is 3.42. The Kier molecular flexibility index (Phi) is 3.18. The second-order valence-corrected chi connectivity index (χ2v) is 5.86. The second kappa shape index (κ2) is 4.85. The van der Waals surface area contributed by atoms with E-state index in [4.69, 9.17) is 5.73 Å². The molecule has 1 aliphatic carbocycles. The summed E-state index contributed by atoms with van der Waals surface area (Å²) in [5.41, 5.74) is 7.49. The molecule has 2 aromatic heterocycles. The fraction of sp³-hybridized carbons (Fsp3) is 0.385. The molecule has 0 unspecified atom stereocenters. The zero-order chi connectivity index (χ0) is 13.4. The third-order valence-electron chi connectivity index (χ3n) is 3.42. The van der Waals surface area contributed by atoms with Crippen molar-refractivity contribution in [1.82, 2.24) is 9.61 Å². The predicted molar refractivity (Wildman–Crippen MR) is 77.2 cm³/mol. The number of nitrogens with zero attached hydrogens (tertiary/aromatic N) is 2. The van der Waals surface area contributed by atoms with Crippen LogP contribution in [-0.2, 0) is 0 Å². The normalized spacial score (nSPS) is 14.8. The minimum Gasteiger partial charge on any atom is -0.383 e. The number of nitrogens with two attached hydrogens (primary N) is 1. The highest BCUT2D eigenvalue weighted by molar-refractivity contribution is 9.10. The van der Waals surface area contributed by atoms with Gasteiger partial charge < -0.3 is 11.1 Å². The van der Waals surface area contributed by atoms with Crippen molar-refractivity contribution in [2.45, 2.75) is 19.3 Å².